The van der Waals surface area contributed by atoms with Gasteiger partial charge in [0.25, 0.3) is 0 Å². The van der Waals surface area contributed by atoms with E-state index in [0.717, 1.165) is 0 Å². The van der Waals surface area contributed by atoms with Crippen LogP contribution in [0, 0.1) is 11.8 Å². The van der Waals surface area contributed by atoms with Crippen LogP contribution in [0.25, 0.3) is 0 Å². The third kappa shape index (κ3) is 8.03. The van der Waals surface area contributed by atoms with Crippen LogP contribution in [-0.4, -0.2) is 70.4 Å². The van der Waals surface area contributed by atoms with Gasteiger partial charge in [-0.1, -0.05) is 34.1 Å². The number of thiol groups is 1. The van der Waals surface area contributed by atoms with E-state index in [2.05, 4.69) is 28.6 Å². The van der Waals surface area contributed by atoms with E-state index in [1.807, 2.05) is 6.92 Å². The molecule has 0 rings (SSSR count). The average Bonchev–Trinajstić information content (AvgIpc) is 2.65. The average molecular weight is 421 g/mol. The Morgan fingerprint density at radius 3 is 1.89 bits per heavy atom. The third-order valence-corrected chi connectivity index (χ3v) is 4.77. The van der Waals surface area contributed by atoms with Gasteiger partial charge in [0.1, 0.15) is 18.1 Å². The maximum absolute atomic E-state index is 12.6. The quantitative estimate of drug-likeness (QED) is 0.188. The molecule has 5 atom stereocenters. The van der Waals surface area contributed by atoms with Gasteiger partial charge in [-0.05, 0) is 11.8 Å². The number of carboxylic acid groups (broad SMARTS) is 1. The summed E-state index contributed by atoms with van der Waals surface area (Å²) in [4.78, 5) is 48.2. The zero-order valence-corrected chi connectivity index (χ0v) is 17.5. The molecule has 0 aromatic carbocycles. The molecule has 162 valence electrons. The van der Waals surface area contributed by atoms with Gasteiger partial charge in [0.15, 0.2) is 0 Å². The van der Waals surface area contributed by atoms with Gasteiger partial charge in [0, 0.05) is 5.75 Å². The smallest absolute Gasteiger partial charge is 0.326 e. The van der Waals surface area contributed by atoms with Gasteiger partial charge >= 0.3 is 5.97 Å². The highest BCUT2D eigenvalue weighted by molar-refractivity contribution is 7.80. The van der Waals surface area contributed by atoms with Gasteiger partial charge in [0.2, 0.25) is 17.7 Å². The second-order valence-electron chi connectivity index (χ2n) is 6.97. The Hall–Kier alpha value is -1.85. The van der Waals surface area contributed by atoms with Crippen LogP contribution in [0.1, 0.15) is 34.1 Å². The summed E-state index contributed by atoms with van der Waals surface area (Å²) in [5.74, 6) is -3.89. The van der Waals surface area contributed by atoms with E-state index in [0.29, 0.717) is 6.42 Å². The number of rotatable bonds is 12. The molecule has 0 saturated heterocycles. The SMILES string of the molecule is CCC(C)C(NC(=O)C(N)CS)C(=O)NC(CO)C(=O)NC(C(=O)O)C(C)C. The fraction of sp³-hybridized carbons (Fsp3) is 0.765. The molecule has 0 aromatic rings. The lowest BCUT2D eigenvalue weighted by Crippen LogP contribution is -2.60. The summed E-state index contributed by atoms with van der Waals surface area (Å²) in [6.07, 6.45) is 0.554. The highest BCUT2D eigenvalue weighted by Gasteiger charge is 2.32. The highest BCUT2D eigenvalue weighted by atomic mass is 32.1. The summed E-state index contributed by atoms with van der Waals surface area (Å²) in [7, 11) is 0. The Morgan fingerprint density at radius 2 is 1.50 bits per heavy atom. The number of nitrogens with one attached hydrogen (secondary N) is 3. The Morgan fingerprint density at radius 1 is 0.964 bits per heavy atom. The normalized spacial score (nSPS) is 16.4. The van der Waals surface area contributed by atoms with Crippen LogP contribution in [-0.2, 0) is 19.2 Å². The van der Waals surface area contributed by atoms with Crippen LogP contribution < -0.4 is 21.7 Å². The topological polar surface area (TPSA) is 171 Å². The fourth-order valence-corrected chi connectivity index (χ4v) is 2.43. The van der Waals surface area contributed by atoms with E-state index in [9.17, 15) is 24.3 Å². The summed E-state index contributed by atoms with van der Waals surface area (Å²) in [6, 6.07) is -4.42. The minimum atomic E-state index is -1.37. The molecule has 0 aliphatic rings. The van der Waals surface area contributed by atoms with Crippen molar-refractivity contribution in [1.82, 2.24) is 16.0 Å². The lowest BCUT2D eigenvalue weighted by molar-refractivity contribution is -0.144. The zero-order chi connectivity index (χ0) is 22.0. The predicted molar refractivity (Wildman–Crippen MR) is 107 cm³/mol. The molecule has 0 bridgehead atoms. The lowest BCUT2D eigenvalue weighted by atomic mass is 9.97. The van der Waals surface area contributed by atoms with Gasteiger partial charge < -0.3 is 31.9 Å². The van der Waals surface area contributed by atoms with Crippen molar-refractivity contribution in [2.24, 2.45) is 17.6 Å². The molecule has 11 heteroatoms. The summed E-state index contributed by atoms with van der Waals surface area (Å²) >= 11 is 3.95. The fourth-order valence-electron chi connectivity index (χ4n) is 2.27. The Bertz CT molecular complexity index is 560. The number of aliphatic hydroxyl groups excluding tert-OH is 1. The van der Waals surface area contributed by atoms with E-state index < -0.39 is 60.4 Å². The van der Waals surface area contributed by atoms with Gasteiger partial charge in [-0.3, -0.25) is 14.4 Å². The maximum atomic E-state index is 12.6. The van der Waals surface area contributed by atoms with E-state index in [1.165, 1.54) is 0 Å². The molecule has 5 unspecified atom stereocenters. The van der Waals surface area contributed by atoms with E-state index in [1.54, 1.807) is 20.8 Å². The Labute approximate surface area is 170 Å². The number of nitrogens with two attached hydrogens (primary N) is 1. The highest BCUT2D eigenvalue weighted by Crippen LogP contribution is 2.09. The predicted octanol–water partition coefficient (Wildman–Crippen LogP) is -1.52. The molecular weight excluding hydrogens is 388 g/mol. The summed E-state index contributed by atoms with van der Waals surface area (Å²) < 4.78 is 0. The van der Waals surface area contributed by atoms with Crippen molar-refractivity contribution in [2.75, 3.05) is 12.4 Å². The molecule has 10 nitrogen and oxygen atoms in total. The minimum Gasteiger partial charge on any atom is -0.480 e. The van der Waals surface area contributed by atoms with Crippen molar-refractivity contribution < 1.29 is 29.4 Å². The molecular formula is C17H32N4O6S. The van der Waals surface area contributed by atoms with E-state index in [4.69, 9.17) is 10.8 Å². The van der Waals surface area contributed by atoms with Gasteiger partial charge in [-0.25, -0.2) is 4.79 Å². The first-order chi connectivity index (χ1) is 13.0. The van der Waals surface area contributed by atoms with Crippen molar-refractivity contribution in [2.45, 2.75) is 58.3 Å². The van der Waals surface area contributed by atoms with Crippen LogP contribution >= 0.6 is 12.6 Å². The Balaban J connectivity index is 5.25. The molecule has 7 N–H and O–H groups in total. The molecule has 0 saturated carbocycles. The first-order valence-electron chi connectivity index (χ1n) is 9.11. The van der Waals surface area contributed by atoms with Crippen molar-refractivity contribution in [3.63, 3.8) is 0 Å². The number of carboxylic acids is 1. The molecule has 0 radical (unpaired) electrons. The second kappa shape index (κ2) is 12.6. The number of aliphatic hydroxyl groups is 1. The number of carbonyl (C=O) groups is 4. The van der Waals surface area contributed by atoms with Gasteiger partial charge in [-0.15, -0.1) is 0 Å². The monoisotopic (exact) mass is 420 g/mol. The van der Waals surface area contributed by atoms with Crippen LogP contribution in [0.5, 0.6) is 0 Å². The molecule has 3 amide bonds. The lowest BCUT2D eigenvalue weighted by Gasteiger charge is -2.27. The van der Waals surface area contributed by atoms with E-state index in [-0.39, 0.29) is 11.7 Å². The number of aliphatic carboxylic acids is 1. The summed E-state index contributed by atoms with van der Waals surface area (Å²) in [5, 5.41) is 25.8. The zero-order valence-electron chi connectivity index (χ0n) is 16.6. The number of hydrogen-bond acceptors (Lipinski definition) is 7. The number of amides is 3. The maximum Gasteiger partial charge on any atom is 0.326 e. The first kappa shape index (κ1) is 26.1. The van der Waals surface area contributed by atoms with Crippen LogP contribution in [0.2, 0.25) is 0 Å². The molecule has 0 aliphatic heterocycles. The summed E-state index contributed by atoms with van der Waals surface area (Å²) in [6.45, 7) is 6.06. The second-order valence-corrected chi connectivity index (χ2v) is 7.34. The molecule has 0 fully saturated rings. The van der Waals surface area contributed by atoms with Crippen molar-refractivity contribution in [1.29, 1.82) is 0 Å². The summed E-state index contributed by atoms with van der Waals surface area (Å²) in [5.41, 5.74) is 5.61. The van der Waals surface area contributed by atoms with Crippen molar-refractivity contribution in [3.05, 3.63) is 0 Å². The number of carbonyl (C=O) groups excluding carboxylic acids is 3. The molecule has 0 spiro atoms. The molecule has 0 heterocycles. The standard InChI is InChI=1S/C17H32N4O6S/c1-5-9(4)13(21-14(23)10(18)7-28)16(25)19-11(6-22)15(24)20-12(8(2)3)17(26)27/h8-13,22,28H,5-7,18H2,1-4H3,(H,19,25)(H,20,24)(H,21,23)(H,26,27). The van der Waals surface area contributed by atoms with Crippen LogP contribution in [0.15, 0.2) is 0 Å². The largest absolute Gasteiger partial charge is 0.480 e. The van der Waals surface area contributed by atoms with Gasteiger partial charge in [0.05, 0.1) is 12.6 Å². The third-order valence-electron chi connectivity index (χ3n) is 4.37. The minimum absolute atomic E-state index is 0.0914. The molecule has 28 heavy (non-hydrogen) atoms. The van der Waals surface area contributed by atoms with Crippen LogP contribution in [0.3, 0.4) is 0 Å². The molecule has 0 aliphatic carbocycles. The van der Waals surface area contributed by atoms with E-state index >= 15 is 0 Å². The van der Waals surface area contributed by atoms with Gasteiger partial charge in [-0.2, -0.15) is 12.6 Å². The first-order valence-corrected chi connectivity index (χ1v) is 9.74. The van der Waals surface area contributed by atoms with Crippen molar-refractivity contribution >= 4 is 36.3 Å². The molecule has 0 aromatic heterocycles. The number of hydrogen-bond donors (Lipinski definition) is 7. The Kier molecular flexibility index (Phi) is 11.7. The van der Waals surface area contributed by atoms with Crippen LogP contribution in [0.4, 0.5) is 0 Å². The van der Waals surface area contributed by atoms with Crippen molar-refractivity contribution in [3.8, 4) is 0 Å².